The molecule has 5 aromatic rings. The Morgan fingerprint density at radius 1 is 0.385 bits per heavy atom. The van der Waals surface area contributed by atoms with Gasteiger partial charge < -0.3 is 9.80 Å². The highest BCUT2D eigenvalue weighted by molar-refractivity contribution is 5.82. The molecule has 52 heavy (non-hydrogen) atoms. The lowest BCUT2D eigenvalue weighted by Crippen LogP contribution is -2.25. The van der Waals surface area contributed by atoms with Crippen LogP contribution < -0.4 is 20.2 Å². The van der Waals surface area contributed by atoms with Crippen molar-refractivity contribution in [3.63, 3.8) is 0 Å². The lowest BCUT2D eigenvalue weighted by Gasteiger charge is -2.25. The molecule has 2 heteroatoms. The Balaban J connectivity index is 0.00000319. The van der Waals surface area contributed by atoms with Crippen LogP contribution in [0.4, 0.5) is 11.4 Å². The number of nitrogens with zero attached hydrogens (tertiary/aromatic N) is 2. The lowest BCUT2D eigenvalue weighted by atomic mass is 9.92. The molecule has 0 radical (unpaired) electrons. The second-order valence-electron chi connectivity index (χ2n) is 14.5. The highest BCUT2D eigenvalue weighted by Gasteiger charge is 2.13. The van der Waals surface area contributed by atoms with Crippen LogP contribution in [0.15, 0.2) is 121 Å². The third-order valence-electron chi connectivity index (χ3n) is 10.3. The van der Waals surface area contributed by atoms with Crippen molar-refractivity contribution in [1.29, 1.82) is 0 Å². The molecule has 0 atom stereocenters. The van der Waals surface area contributed by atoms with Crippen molar-refractivity contribution < 1.29 is 2.97 Å². The van der Waals surface area contributed by atoms with Crippen LogP contribution in [-0.2, 0) is 0 Å². The summed E-state index contributed by atoms with van der Waals surface area (Å²) in [5.41, 5.74) is 12.7. The van der Waals surface area contributed by atoms with Gasteiger partial charge in [-0.25, -0.2) is 0 Å². The van der Waals surface area contributed by atoms with E-state index in [2.05, 4.69) is 173 Å². The third kappa shape index (κ3) is 10.3. The number of hydrogen-bond donors (Lipinski definition) is 0. The van der Waals surface area contributed by atoms with Crippen molar-refractivity contribution in [2.45, 2.75) is 92.9 Å². The molecular formula is C50H64N2. The summed E-state index contributed by atoms with van der Waals surface area (Å²) in [4.78, 5) is 5.16. The van der Waals surface area contributed by atoms with Crippen molar-refractivity contribution >= 4 is 22.5 Å². The van der Waals surface area contributed by atoms with Gasteiger partial charge in [0.1, 0.15) is 0 Å². The quantitative estimate of drug-likeness (QED) is 0.0900. The van der Waals surface area contributed by atoms with Crippen molar-refractivity contribution in [2.75, 3.05) is 36.0 Å². The standard InChI is InChI=1S/C50H62N2.H2/c1-7-11-35-51(36-12-8-2)47-31-27-45(28-32-47)50(46-29-33-48(34-30-46)52(37-13-9-3)38-14-10-4)44-25-23-43(24-26-44)49(41-19-15-39(5)16-20-41)42-21-17-40(6)18-22-42;/h15-34H,7-14,35-38H2,1-6H3;1H/i;1+2T. The highest BCUT2D eigenvalue weighted by atomic mass is 15.1. The first-order valence-electron chi connectivity index (χ1n) is 21.1. The first-order valence-corrected chi connectivity index (χ1v) is 20.1. The molecule has 0 saturated carbocycles. The molecule has 0 aromatic heterocycles. The SMILES string of the molecule is CCCCN(CCCC)c1ccc(C(c2ccc(N(CCCC)CCCC)cc2)=c2ccc(=C(c3ccc(C)cc3)c3ccc(C)cc3)cc2)cc1.[3H][3H]. The van der Waals surface area contributed by atoms with Gasteiger partial charge in [-0.2, -0.15) is 0 Å². The fraction of sp³-hybridized carbons (Fsp3) is 0.360. The molecule has 0 unspecified atom stereocenters. The minimum Gasteiger partial charge on any atom is -0.372 e. The van der Waals surface area contributed by atoms with Gasteiger partial charge >= 0.3 is 0 Å². The van der Waals surface area contributed by atoms with E-state index in [4.69, 9.17) is 2.97 Å². The summed E-state index contributed by atoms with van der Waals surface area (Å²) in [5, 5.41) is 2.46. The van der Waals surface area contributed by atoms with Gasteiger partial charge in [-0.15, -0.1) is 0 Å². The van der Waals surface area contributed by atoms with Crippen LogP contribution in [0.25, 0.3) is 11.1 Å². The Bertz CT molecular complexity index is 1780. The van der Waals surface area contributed by atoms with E-state index in [1.165, 1.54) is 118 Å². The predicted molar refractivity (Wildman–Crippen MR) is 230 cm³/mol. The van der Waals surface area contributed by atoms with E-state index in [0.717, 1.165) is 26.2 Å². The van der Waals surface area contributed by atoms with Crippen molar-refractivity contribution in [1.82, 2.24) is 0 Å². The van der Waals surface area contributed by atoms with Crippen LogP contribution in [0.2, 0.25) is 0 Å². The maximum absolute atomic E-state index is 5.00. The van der Waals surface area contributed by atoms with Gasteiger partial charge in [0.25, 0.3) is 0 Å². The van der Waals surface area contributed by atoms with Crippen molar-refractivity contribution in [2.24, 2.45) is 0 Å². The molecule has 5 rings (SSSR count). The summed E-state index contributed by atoms with van der Waals surface area (Å²) in [6, 6.07) is 46.0. The maximum Gasteiger partial charge on any atom is 0.0366 e. The topological polar surface area (TPSA) is 6.48 Å². The van der Waals surface area contributed by atoms with Crippen LogP contribution in [0.3, 0.4) is 0 Å². The van der Waals surface area contributed by atoms with Gasteiger partial charge in [0.05, 0.1) is 0 Å². The summed E-state index contributed by atoms with van der Waals surface area (Å²) in [7, 11) is 0. The zero-order chi connectivity index (χ0) is 38.7. The Hall–Kier alpha value is -4.56. The molecule has 0 N–H and O–H groups in total. The highest BCUT2D eigenvalue weighted by Crippen LogP contribution is 2.27. The molecular weight excluding hydrogens is 629 g/mol. The Kier molecular flexibility index (Phi) is 14.2. The van der Waals surface area contributed by atoms with Gasteiger partial charge in [0.2, 0.25) is 0 Å². The lowest BCUT2D eigenvalue weighted by molar-refractivity contribution is 0.678. The van der Waals surface area contributed by atoms with Crippen LogP contribution >= 0.6 is 0 Å². The molecule has 0 heterocycles. The zero-order valence-corrected chi connectivity index (χ0v) is 32.9. The summed E-state index contributed by atoms with van der Waals surface area (Å²) in [6.45, 7) is 17.9. The molecule has 274 valence electrons. The summed E-state index contributed by atoms with van der Waals surface area (Å²) >= 11 is 0. The molecule has 0 aliphatic rings. The van der Waals surface area contributed by atoms with Crippen LogP contribution in [0.1, 0.15) is 115 Å². The first kappa shape index (κ1) is 37.2. The Morgan fingerprint density at radius 3 is 0.885 bits per heavy atom. The van der Waals surface area contributed by atoms with E-state index in [9.17, 15) is 0 Å². The molecule has 0 bridgehead atoms. The number of unbranched alkanes of at least 4 members (excludes halogenated alkanes) is 4. The van der Waals surface area contributed by atoms with Gasteiger partial charge in [-0.1, -0.05) is 162 Å². The van der Waals surface area contributed by atoms with Crippen molar-refractivity contribution in [3.05, 3.63) is 165 Å². The summed E-state index contributed by atoms with van der Waals surface area (Å²) in [5.74, 6) is 0. The second-order valence-corrected chi connectivity index (χ2v) is 14.5. The van der Waals surface area contributed by atoms with E-state index in [1.807, 2.05) is 0 Å². The Labute approximate surface area is 318 Å². The first-order chi connectivity index (χ1) is 26.4. The zero-order valence-electron chi connectivity index (χ0n) is 34.9. The minimum atomic E-state index is 1.11. The van der Waals surface area contributed by atoms with Gasteiger partial charge in [-0.05, 0) is 108 Å². The van der Waals surface area contributed by atoms with E-state index in [-0.39, 0.29) is 0 Å². The van der Waals surface area contributed by atoms with Gasteiger partial charge in [-0.3, -0.25) is 0 Å². The minimum absolute atomic E-state index is 1.11. The average molecular weight is 697 g/mol. The van der Waals surface area contributed by atoms with Gasteiger partial charge in [0, 0.05) is 40.5 Å². The van der Waals surface area contributed by atoms with Crippen LogP contribution in [-0.4, -0.2) is 26.2 Å². The number of hydrogen-bond acceptors (Lipinski definition) is 2. The average Bonchev–Trinajstić information content (AvgIpc) is 3.22. The summed E-state index contributed by atoms with van der Waals surface area (Å²) < 4.78 is 10.0. The molecule has 0 aliphatic heterocycles. The fourth-order valence-corrected chi connectivity index (χ4v) is 7.06. The molecule has 0 aliphatic carbocycles. The van der Waals surface area contributed by atoms with Crippen LogP contribution in [0, 0.1) is 13.8 Å². The van der Waals surface area contributed by atoms with E-state index < -0.39 is 0 Å². The third-order valence-corrected chi connectivity index (χ3v) is 10.3. The van der Waals surface area contributed by atoms with E-state index in [0.29, 0.717) is 0 Å². The van der Waals surface area contributed by atoms with Crippen LogP contribution in [0.5, 0.6) is 0 Å². The number of benzene rings is 5. The molecule has 2 nitrogen and oxygen atoms in total. The molecule has 5 aromatic carbocycles. The Morgan fingerprint density at radius 2 is 0.635 bits per heavy atom. The van der Waals surface area contributed by atoms with E-state index in [1.54, 1.807) is 0 Å². The van der Waals surface area contributed by atoms with E-state index >= 15 is 0 Å². The maximum atomic E-state index is 5.00. The normalized spacial score (nSPS) is 11.2. The predicted octanol–water partition coefficient (Wildman–Crippen LogP) is 11.9. The molecule has 0 amide bonds. The smallest absolute Gasteiger partial charge is 0.0366 e. The van der Waals surface area contributed by atoms with Gasteiger partial charge in [0.15, 0.2) is 0 Å². The number of rotatable bonds is 18. The molecule has 0 spiro atoms. The van der Waals surface area contributed by atoms with Crippen molar-refractivity contribution in [3.8, 4) is 0 Å². The largest absolute Gasteiger partial charge is 0.372 e. The monoisotopic (exact) mass is 697 g/mol. The number of aryl methyl sites for hydroxylation is 2. The number of anilines is 2. The second kappa shape index (κ2) is 19.9. The summed E-state index contributed by atoms with van der Waals surface area (Å²) in [6.07, 6.45) is 9.74. The fourth-order valence-electron chi connectivity index (χ4n) is 7.06. The molecule has 0 fully saturated rings. The molecule has 0 saturated heterocycles.